The maximum atomic E-state index is 12.1. The van der Waals surface area contributed by atoms with Crippen molar-refractivity contribution in [2.75, 3.05) is 6.54 Å². The molecule has 3 rings (SSSR count). The van der Waals surface area contributed by atoms with Gasteiger partial charge in [0.1, 0.15) is 11.6 Å². The third kappa shape index (κ3) is 5.43. The number of amides is 2. The number of carboxylic acid groups (broad SMARTS) is 1. The molecule has 0 aromatic rings. The Bertz CT molecular complexity index is 790. The zero-order valence-electron chi connectivity index (χ0n) is 18.0. The van der Waals surface area contributed by atoms with Crippen molar-refractivity contribution in [3.05, 3.63) is 36.0 Å². The summed E-state index contributed by atoms with van der Waals surface area (Å²) in [5.41, 5.74) is 5.75. The van der Waals surface area contributed by atoms with Crippen LogP contribution in [0.5, 0.6) is 0 Å². The Hall–Kier alpha value is -2.45. The summed E-state index contributed by atoms with van der Waals surface area (Å²) in [6, 6.07) is -0.998. The first kappa shape index (κ1) is 23.2. The monoisotopic (exact) mass is 431 g/mol. The number of hydrogen-bond acceptors (Lipinski definition) is 5. The summed E-state index contributed by atoms with van der Waals surface area (Å²) < 4.78 is 6.23. The number of carboxylic acids is 1. The summed E-state index contributed by atoms with van der Waals surface area (Å²) in [7, 11) is 0. The molecule has 8 heteroatoms. The molecule has 2 saturated heterocycles. The maximum Gasteiger partial charge on any atom is 0.326 e. The van der Waals surface area contributed by atoms with E-state index in [4.69, 9.17) is 10.5 Å². The maximum absolute atomic E-state index is 12.1. The van der Waals surface area contributed by atoms with Gasteiger partial charge in [0.05, 0.1) is 12.1 Å². The molecule has 3 aliphatic rings. The van der Waals surface area contributed by atoms with E-state index in [9.17, 15) is 19.5 Å². The molecule has 5 N–H and O–H groups in total. The predicted octanol–water partition coefficient (Wildman–Crippen LogP) is 1.57. The van der Waals surface area contributed by atoms with E-state index in [1.165, 1.54) is 31.8 Å². The number of piperidine rings is 1. The molecule has 2 fully saturated rings. The van der Waals surface area contributed by atoms with Crippen LogP contribution >= 0.6 is 0 Å². The summed E-state index contributed by atoms with van der Waals surface area (Å²) in [4.78, 5) is 34.2. The zero-order chi connectivity index (χ0) is 22.4. The predicted molar refractivity (Wildman–Crippen MR) is 116 cm³/mol. The van der Waals surface area contributed by atoms with Crippen LogP contribution in [0.4, 0.5) is 0 Å². The van der Waals surface area contributed by atoms with Gasteiger partial charge in [0, 0.05) is 25.0 Å². The molecule has 31 heavy (non-hydrogen) atoms. The highest BCUT2D eigenvalue weighted by molar-refractivity contribution is 5.91. The van der Waals surface area contributed by atoms with E-state index in [0.717, 1.165) is 18.5 Å². The number of carbonyl (C=O) groups is 3. The first-order chi connectivity index (χ1) is 14.9. The van der Waals surface area contributed by atoms with E-state index in [2.05, 4.69) is 23.6 Å². The summed E-state index contributed by atoms with van der Waals surface area (Å²) in [5, 5.41) is 15.2. The van der Waals surface area contributed by atoms with Crippen LogP contribution in [0, 0.1) is 5.92 Å². The lowest BCUT2D eigenvalue weighted by molar-refractivity contribution is -0.141. The zero-order valence-corrected chi connectivity index (χ0v) is 18.0. The Kier molecular flexibility index (Phi) is 7.67. The third-order valence-corrected chi connectivity index (χ3v) is 6.34. The number of unbranched alkanes of at least 4 members (excludes halogenated alkanes) is 3. The van der Waals surface area contributed by atoms with Crippen LogP contribution in [0.3, 0.4) is 0 Å². The van der Waals surface area contributed by atoms with Gasteiger partial charge in [0.25, 0.3) is 0 Å². The van der Waals surface area contributed by atoms with Gasteiger partial charge in [-0.25, -0.2) is 4.79 Å². The molecule has 0 bridgehead atoms. The molecule has 1 aliphatic carbocycles. The largest absolute Gasteiger partial charge is 0.480 e. The minimum absolute atomic E-state index is 0.0420. The number of rotatable bonds is 12. The Morgan fingerprint density at radius 3 is 2.90 bits per heavy atom. The Balaban J connectivity index is 1.55. The van der Waals surface area contributed by atoms with Crippen LogP contribution in [0.2, 0.25) is 0 Å². The van der Waals surface area contributed by atoms with E-state index in [0.29, 0.717) is 5.92 Å². The van der Waals surface area contributed by atoms with Gasteiger partial charge in [-0.1, -0.05) is 56.9 Å². The highest BCUT2D eigenvalue weighted by Crippen LogP contribution is 2.56. The molecule has 5 unspecified atom stereocenters. The van der Waals surface area contributed by atoms with Crippen LogP contribution in [0.25, 0.3) is 0 Å². The van der Waals surface area contributed by atoms with Gasteiger partial charge in [-0.05, 0) is 18.4 Å². The molecule has 1 spiro atoms. The fourth-order valence-corrected chi connectivity index (χ4v) is 4.64. The minimum Gasteiger partial charge on any atom is -0.480 e. The number of allylic oxidation sites excluding steroid dienone is 2. The minimum atomic E-state index is -1.20. The fourth-order valence-electron chi connectivity index (χ4n) is 4.64. The second-order valence-electron chi connectivity index (χ2n) is 8.57. The van der Waals surface area contributed by atoms with Crippen molar-refractivity contribution in [3.8, 4) is 0 Å². The van der Waals surface area contributed by atoms with Gasteiger partial charge in [0.2, 0.25) is 11.8 Å². The molecule has 2 heterocycles. The summed E-state index contributed by atoms with van der Waals surface area (Å²) in [6.45, 7) is 3.17. The normalized spacial score (nSPS) is 30.7. The van der Waals surface area contributed by atoms with Gasteiger partial charge in [-0.15, -0.1) is 0 Å². The van der Waals surface area contributed by atoms with Crippen LogP contribution in [-0.4, -0.2) is 53.2 Å². The molecule has 0 saturated carbocycles. The molecule has 2 aliphatic heterocycles. The summed E-state index contributed by atoms with van der Waals surface area (Å²) >= 11 is 0. The summed E-state index contributed by atoms with van der Waals surface area (Å²) in [5.74, 6) is -1.85. The van der Waals surface area contributed by atoms with E-state index in [1.54, 1.807) is 6.08 Å². The average molecular weight is 432 g/mol. The van der Waals surface area contributed by atoms with Crippen molar-refractivity contribution in [3.63, 3.8) is 0 Å². The van der Waals surface area contributed by atoms with E-state index >= 15 is 0 Å². The van der Waals surface area contributed by atoms with Crippen LogP contribution in [0.15, 0.2) is 36.0 Å². The molecule has 170 valence electrons. The Morgan fingerprint density at radius 2 is 2.19 bits per heavy atom. The molecule has 0 radical (unpaired) electrons. The smallest absolute Gasteiger partial charge is 0.326 e. The lowest BCUT2D eigenvalue weighted by atomic mass is 9.81. The standard InChI is InChI=1S/C23H33N3O5/c1-2-3-4-5-7-15-14-25-18-12-10-16(23(18)21(15)31-23)8-6-9-20(28)26-17(22(29)30)11-13-19(24)27/h6,8-10,12,15,17-18,21,25H,2-5,7,11,13-14H2,1H3,(H2,24,27)(H,26,28)(H,29,30). The molecule has 2 amide bonds. The second-order valence-corrected chi connectivity index (χ2v) is 8.57. The van der Waals surface area contributed by atoms with Crippen molar-refractivity contribution < 1.29 is 24.2 Å². The molecule has 0 aromatic carbocycles. The van der Waals surface area contributed by atoms with Gasteiger partial charge in [0.15, 0.2) is 0 Å². The molecule has 5 atom stereocenters. The highest BCUT2D eigenvalue weighted by atomic mass is 16.6. The number of nitrogens with one attached hydrogen (secondary N) is 2. The van der Waals surface area contributed by atoms with E-state index < -0.39 is 23.8 Å². The van der Waals surface area contributed by atoms with Gasteiger partial charge < -0.3 is 26.2 Å². The molecular formula is C23H33N3O5. The molecule has 0 aromatic heterocycles. The summed E-state index contributed by atoms with van der Waals surface area (Å²) in [6.07, 6.45) is 15.1. The highest BCUT2D eigenvalue weighted by Gasteiger charge is 2.68. The molecular weight excluding hydrogens is 398 g/mol. The van der Waals surface area contributed by atoms with Crippen molar-refractivity contribution in [1.29, 1.82) is 0 Å². The number of ether oxygens (including phenoxy) is 1. The number of nitrogens with two attached hydrogens (primary N) is 1. The third-order valence-electron chi connectivity index (χ3n) is 6.34. The lowest BCUT2D eigenvalue weighted by Crippen LogP contribution is -2.49. The van der Waals surface area contributed by atoms with Crippen molar-refractivity contribution in [2.45, 2.75) is 75.7 Å². The SMILES string of the molecule is CCCCCCC1CNC2C=CC(=CC=CC(=O)NC(CCC(N)=O)C(=O)O)C23OC13. The first-order valence-corrected chi connectivity index (χ1v) is 11.2. The first-order valence-electron chi connectivity index (χ1n) is 11.2. The molecule has 8 nitrogen and oxygen atoms in total. The number of carbonyl (C=O) groups excluding carboxylic acids is 2. The Morgan fingerprint density at radius 1 is 1.39 bits per heavy atom. The van der Waals surface area contributed by atoms with E-state index in [-0.39, 0.29) is 30.6 Å². The number of primary amides is 1. The quantitative estimate of drug-likeness (QED) is 0.211. The van der Waals surface area contributed by atoms with Crippen LogP contribution < -0.4 is 16.4 Å². The number of epoxide rings is 1. The number of aliphatic carboxylic acids is 1. The van der Waals surface area contributed by atoms with Crippen LogP contribution in [-0.2, 0) is 19.1 Å². The fraction of sp³-hybridized carbons (Fsp3) is 0.609. The van der Waals surface area contributed by atoms with Crippen LogP contribution in [0.1, 0.15) is 51.9 Å². The van der Waals surface area contributed by atoms with Crippen molar-refractivity contribution >= 4 is 17.8 Å². The second kappa shape index (κ2) is 10.2. The van der Waals surface area contributed by atoms with Crippen molar-refractivity contribution in [2.24, 2.45) is 11.7 Å². The Labute approximate surface area is 183 Å². The average Bonchev–Trinajstić information content (AvgIpc) is 3.39. The lowest BCUT2D eigenvalue weighted by Gasteiger charge is -2.29. The van der Waals surface area contributed by atoms with Gasteiger partial charge >= 0.3 is 5.97 Å². The van der Waals surface area contributed by atoms with Gasteiger partial charge in [-0.2, -0.15) is 0 Å². The van der Waals surface area contributed by atoms with E-state index in [1.807, 2.05) is 12.2 Å². The number of hydrogen-bond donors (Lipinski definition) is 4. The topological polar surface area (TPSA) is 134 Å². The van der Waals surface area contributed by atoms with Crippen molar-refractivity contribution in [1.82, 2.24) is 10.6 Å². The van der Waals surface area contributed by atoms with Gasteiger partial charge in [-0.3, -0.25) is 9.59 Å².